The average molecular weight is 441 g/mol. The highest BCUT2D eigenvalue weighted by Crippen LogP contribution is 2.34. The van der Waals surface area contributed by atoms with Crippen molar-refractivity contribution in [2.45, 2.75) is 0 Å². The molecule has 0 radical (unpaired) electrons. The van der Waals surface area contributed by atoms with Gasteiger partial charge in [-0.1, -0.05) is 22.9 Å². The molecular weight excluding hydrogens is 428 g/mol. The topological polar surface area (TPSA) is 132 Å². The first-order chi connectivity index (χ1) is 14.5. The number of hydrogen-bond acceptors (Lipinski definition) is 9. The van der Waals surface area contributed by atoms with E-state index in [0.29, 0.717) is 32.2 Å². The summed E-state index contributed by atoms with van der Waals surface area (Å²) in [4.78, 5) is 12.6. The Balaban J connectivity index is 1.51. The lowest BCUT2D eigenvalue weighted by molar-refractivity contribution is 0.713. The van der Waals surface area contributed by atoms with E-state index >= 15 is 0 Å². The molecule has 0 saturated heterocycles. The summed E-state index contributed by atoms with van der Waals surface area (Å²) in [6.07, 6.45) is 3.37. The van der Waals surface area contributed by atoms with Crippen LogP contribution in [0.4, 0.5) is 10.8 Å². The SMILES string of the molecule is Cn1nnnc1-c1cc(-c2nnc(Nc3ccc4[nH]ncc4c3Cl)s2)cn(C)c1=O. The van der Waals surface area contributed by atoms with Crippen LogP contribution in [0.15, 0.2) is 35.4 Å². The second kappa shape index (κ2) is 7.00. The normalized spacial score (nSPS) is 11.3. The first kappa shape index (κ1) is 18.4. The predicted molar refractivity (Wildman–Crippen MR) is 113 cm³/mol. The molecule has 0 aliphatic rings. The number of hydrogen-bond donors (Lipinski definition) is 2. The number of aromatic nitrogens is 9. The van der Waals surface area contributed by atoms with E-state index in [-0.39, 0.29) is 5.56 Å². The molecule has 0 fully saturated rings. The van der Waals surface area contributed by atoms with Gasteiger partial charge in [0.15, 0.2) is 10.8 Å². The number of H-pyrrole nitrogens is 1. The van der Waals surface area contributed by atoms with Crippen molar-refractivity contribution in [2.24, 2.45) is 14.1 Å². The molecule has 5 aromatic rings. The number of anilines is 2. The van der Waals surface area contributed by atoms with Gasteiger partial charge >= 0.3 is 0 Å². The van der Waals surface area contributed by atoms with E-state index in [4.69, 9.17) is 11.6 Å². The fraction of sp³-hybridized carbons (Fsp3) is 0.118. The largest absolute Gasteiger partial charge is 0.329 e. The maximum absolute atomic E-state index is 12.6. The molecule has 0 atom stereocenters. The van der Waals surface area contributed by atoms with Crippen molar-refractivity contribution >= 4 is 44.7 Å². The van der Waals surface area contributed by atoms with Crippen molar-refractivity contribution < 1.29 is 0 Å². The second-order valence-electron chi connectivity index (χ2n) is 6.48. The van der Waals surface area contributed by atoms with Crippen LogP contribution in [0.2, 0.25) is 5.02 Å². The summed E-state index contributed by atoms with van der Waals surface area (Å²) in [6, 6.07) is 5.44. The minimum Gasteiger partial charge on any atom is -0.329 e. The Morgan fingerprint density at radius 1 is 1.20 bits per heavy atom. The van der Waals surface area contributed by atoms with Crippen LogP contribution >= 0.6 is 22.9 Å². The van der Waals surface area contributed by atoms with Crippen LogP contribution in [0.1, 0.15) is 0 Å². The van der Waals surface area contributed by atoms with E-state index in [1.54, 1.807) is 32.6 Å². The van der Waals surface area contributed by atoms with E-state index in [0.717, 1.165) is 16.5 Å². The van der Waals surface area contributed by atoms with Crippen molar-refractivity contribution in [3.63, 3.8) is 0 Å². The number of halogens is 1. The van der Waals surface area contributed by atoms with Gasteiger partial charge in [0.25, 0.3) is 5.56 Å². The zero-order valence-corrected chi connectivity index (χ0v) is 17.2. The van der Waals surface area contributed by atoms with Gasteiger partial charge < -0.3 is 9.88 Å². The summed E-state index contributed by atoms with van der Waals surface area (Å²) >= 11 is 7.79. The molecule has 11 nitrogen and oxygen atoms in total. The summed E-state index contributed by atoms with van der Waals surface area (Å²) in [5.74, 6) is 0.375. The Morgan fingerprint density at radius 2 is 2.07 bits per heavy atom. The lowest BCUT2D eigenvalue weighted by Crippen LogP contribution is -2.19. The Kier molecular flexibility index (Phi) is 4.29. The van der Waals surface area contributed by atoms with E-state index in [2.05, 4.69) is 41.2 Å². The van der Waals surface area contributed by atoms with E-state index in [9.17, 15) is 4.79 Å². The number of nitrogens with zero attached hydrogens (tertiary/aromatic N) is 8. The average Bonchev–Trinajstić information content (AvgIpc) is 3.47. The highest BCUT2D eigenvalue weighted by Gasteiger charge is 2.16. The zero-order chi connectivity index (χ0) is 20.8. The third-order valence-corrected chi connectivity index (χ3v) is 5.81. The highest BCUT2D eigenvalue weighted by molar-refractivity contribution is 7.18. The smallest absolute Gasteiger partial charge is 0.261 e. The number of aryl methyl sites for hydroxylation is 2. The molecule has 4 aromatic heterocycles. The van der Waals surface area contributed by atoms with Gasteiger partial charge in [0.05, 0.1) is 28.0 Å². The Labute approximate surface area is 177 Å². The molecule has 0 spiro atoms. The monoisotopic (exact) mass is 440 g/mol. The second-order valence-corrected chi connectivity index (χ2v) is 7.84. The quantitative estimate of drug-likeness (QED) is 0.435. The van der Waals surface area contributed by atoms with Crippen LogP contribution in [0.3, 0.4) is 0 Å². The fourth-order valence-electron chi connectivity index (χ4n) is 3.03. The lowest BCUT2D eigenvalue weighted by Gasteiger charge is -2.06. The van der Waals surface area contributed by atoms with Crippen LogP contribution in [-0.2, 0) is 14.1 Å². The maximum atomic E-state index is 12.6. The number of pyridine rings is 1. The first-order valence-corrected chi connectivity index (χ1v) is 9.86. The van der Waals surface area contributed by atoms with Crippen LogP contribution < -0.4 is 10.9 Å². The molecule has 30 heavy (non-hydrogen) atoms. The van der Waals surface area contributed by atoms with Gasteiger partial charge in [0.1, 0.15) is 0 Å². The Hall–Kier alpha value is -3.64. The molecule has 0 aliphatic carbocycles. The minimum atomic E-state index is -0.209. The predicted octanol–water partition coefficient (Wildman–Crippen LogP) is 2.37. The van der Waals surface area contributed by atoms with E-state index in [1.807, 2.05) is 12.1 Å². The molecule has 0 bridgehead atoms. The van der Waals surface area contributed by atoms with Crippen LogP contribution in [-0.4, -0.2) is 45.2 Å². The summed E-state index contributed by atoms with van der Waals surface area (Å²) < 4.78 is 2.92. The van der Waals surface area contributed by atoms with Crippen molar-refractivity contribution in [1.29, 1.82) is 0 Å². The van der Waals surface area contributed by atoms with Gasteiger partial charge in [-0.15, -0.1) is 15.3 Å². The number of aromatic amines is 1. The summed E-state index contributed by atoms with van der Waals surface area (Å²) in [7, 11) is 3.34. The number of nitrogens with one attached hydrogen (secondary N) is 2. The molecule has 150 valence electrons. The fourth-order valence-corrected chi connectivity index (χ4v) is 4.03. The van der Waals surface area contributed by atoms with Crippen molar-refractivity contribution in [2.75, 3.05) is 5.32 Å². The van der Waals surface area contributed by atoms with Gasteiger partial charge in [0.2, 0.25) is 5.13 Å². The molecule has 1 aromatic carbocycles. The minimum absolute atomic E-state index is 0.209. The molecular formula is C17H13ClN10OS. The molecule has 0 saturated carbocycles. The number of rotatable bonds is 4. The summed E-state index contributed by atoms with van der Waals surface area (Å²) in [6.45, 7) is 0. The van der Waals surface area contributed by atoms with Gasteiger partial charge in [-0.05, 0) is 28.6 Å². The number of benzene rings is 1. The van der Waals surface area contributed by atoms with Crippen molar-refractivity contribution in [1.82, 2.24) is 45.2 Å². The summed E-state index contributed by atoms with van der Waals surface area (Å²) in [5.41, 5.74) is 2.43. The number of fused-ring (bicyclic) bond motifs is 1. The Bertz CT molecular complexity index is 1450. The molecule has 4 heterocycles. The molecule has 0 unspecified atom stereocenters. The molecule has 0 amide bonds. The van der Waals surface area contributed by atoms with Crippen molar-refractivity contribution in [3.8, 4) is 22.0 Å². The van der Waals surface area contributed by atoms with E-state index < -0.39 is 0 Å². The molecule has 2 N–H and O–H groups in total. The summed E-state index contributed by atoms with van der Waals surface area (Å²) in [5, 5.41) is 32.4. The van der Waals surface area contributed by atoms with Gasteiger partial charge in [0, 0.05) is 31.2 Å². The molecule has 5 rings (SSSR count). The third kappa shape index (κ3) is 3.02. The van der Waals surface area contributed by atoms with Gasteiger partial charge in [-0.25, -0.2) is 4.68 Å². The highest BCUT2D eigenvalue weighted by atomic mass is 35.5. The lowest BCUT2D eigenvalue weighted by atomic mass is 10.2. The zero-order valence-electron chi connectivity index (χ0n) is 15.7. The number of tetrazole rings is 1. The standard InChI is InChI=1S/C17H13ClN10OS/c1-27-7-8(5-9(16(27)29)14-22-25-26-28(14)2)15-23-24-17(30-15)20-12-4-3-11-10(13(12)18)6-19-21-11/h3-7H,1-2H3,(H,19,21)(H,20,24). The van der Waals surface area contributed by atoms with Crippen LogP contribution in [0.25, 0.3) is 32.9 Å². The molecule has 0 aliphatic heterocycles. The molecule has 13 heteroatoms. The van der Waals surface area contributed by atoms with Gasteiger partial charge in [-0.2, -0.15) is 5.10 Å². The van der Waals surface area contributed by atoms with Gasteiger partial charge in [-0.3, -0.25) is 9.89 Å². The maximum Gasteiger partial charge on any atom is 0.261 e. The third-order valence-electron chi connectivity index (χ3n) is 4.52. The Morgan fingerprint density at radius 3 is 2.87 bits per heavy atom. The first-order valence-electron chi connectivity index (χ1n) is 8.67. The van der Waals surface area contributed by atoms with Crippen molar-refractivity contribution in [3.05, 3.63) is 46.0 Å². The van der Waals surface area contributed by atoms with Crippen LogP contribution in [0.5, 0.6) is 0 Å². The van der Waals surface area contributed by atoms with E-state index in [1.165, 1.54) is 20.6 Å². The van der Waals surface area contributed by atoms with Crippen LogP contribution in [0, 0.1) is 0 Å².